The van der Waals surface area contributed by atoms with Crippen LogP contribution in [0.5, 0.6) is 0 Å². The van der Waals surface area contributed by atoms with Gasteiger partial charge in [-0.05, 0) is 34.7 Å². The fourth-order valence-electron chi connectivity index (χ4n) is 3.40. The number of amides is 1. The second kappa shape index (κ2) is 8.57. The number of benzene rings is 3. The Balaban J connectivity index is 1.26. The van der Waals surface area contributed by atoms with Crippen molar-refractivity contribution in [2.75, 3.05) is 6.54 Å². The number of carbonyl (C=O) groups excluding carboxylic acids is 2. The van der Waals surface area contributed by atoms with Crippen LogP contribution in [0.1, 0.15) is 33.5 Å². The highest BCUT2D eigenvalue weighted by Crippen LogP contribution is 2.36. The lowest BCUT2D eigenvalue weighted by molar-refractivity contribution is 0.104. The molecule has 3 aromatic carbocycles. The van der Waals surface area contributed by atoms with Crippen LogP contribution in [0.15, 0.2) is 78.9 Å². The van der Waals surface area contributed by atoms with Crippen molar-refractivity contribution >= 4 is 18.0 Å². The molecule has 0 radical (unpaired) electrons. The summed E-state index contributed by atoms with van der Waals surface area (Å²) < 4.78 is 5.17. The van der Waals surface area contributed by atoms with E-state index in [1.54, 1.807) is 0 Å². The molecule has 4 rings (SSSR count). The predicted octanol–water partition coefficient (Wildman–Crippen LogP) is 5.23. The summed E-state index contributed by atoms with van der Waals surface area (Å²) in [5.74, 6) is 0.0775. The van der Waals surface area contributed by atoms with Crippen molar-refractivity contribution in [2.24, 2.45) is 0 Å². The summed E-state index contributed by atoms with van der Waals surface area (Å²) in [4.78, 5) is 24.3. The van der Waals surface area contributed by atoms with Gasteiger partial charge in [0.25, 0.3) is 0 Å². The molecule has 0 fully saturated rings. The van der Waals surface area contributed by atoms with Crippen molar-refractivity contribution in [1.82, 2.24) is 5.32 Å². The number of rotatable bonds is 6. The lowest BCUT2D eigenvalue weighted by Gasteiger charge is -2.06. The van der Waals surface area contributed by atoms with Crippen LogP contribution in [-0.4, -0.2) is 18.4 Å². The van der Waals surface area contributed by atoms with E-state index in [0.29, 0.717) is 13.0 Å². The molecule has 29 heavy (non-hydrogen) atoms. The summed E-state index contributed by atoms with van der Waals surface area (Å²) in [6.45, 7) is 0.744. The summed E-state index contributed by atoms with van der Waals surface area (Å²) in [5, 5.41) is 2.73. The van der Waals surface area contributed by atoms with E-state index in [0.717, 1.165) is 33.4 Å². The normalized spacial score (nSPS) is 11.9. The first-order valence-corrected chi connectivity index (χ1v) is 9.61. The molecule has 4 heteroatoms. The molecule has 3 aromatic rings. The third-order valence-corrected chi connectivity index (χ3v) is 4.85. The van der Waals surface area contributed by atoms with Gasteiger partial charge in [0.05, 0.1) is 0 Å². The van der Waals surface area contributed by atoms with Crippen LogP contribution in [-0.2, 0) is 11.3 Å². The molecule has 0 spiro atoms. The predicted molar refractivity (Wildman–Crippen MR) is 114 cm³/mol. The highest BCUT2D eigenvalue weighted by atomic mass is 16.5. The number of nitrogens with one attached hydrogen (secondary N) is 1. The Bertz CT molecular complexity index is 1070. The molecule has 0 bridgehead atoms. The van der Waals surface area contributed by atoms with Gasteiger partial charge in [-0.15, -0.1) is 0 Å². The molecule has 144 valence electrons. The van der Waals surface area contributed by atoms with Crippen molar-refractivity contribution in [3.05, 3.63) is 101 Å². The van der Waals surface area contributed by atoms with Crippen LogP contribution in [0.25, 0.3) is 17.2 Å². The van der Waals surface area contributed by atoms with Gasteiger partial charge in [0, 0.05) is 17.7 Å². The maximum Gasteiger partial charge on any atom is 0.407 e. The van der Waals surface area contributed by atoms with Gasteiger partial charge in [-0.1, -0.05) is 78.9 Å². The van der Waals surface area contributed by atoms with Crippen molar-refractivity contribution in [1.29, 1.82) is 0 Å². The number of hydrogen-bond acceptors (Lipinski definition) is 3. The average molecular weight is 383 g/mol. The van der Waals surface area contributed by atoms with Gasteiger partial charge >= 0.3 is 6.09 Å². The summed E-state index contributed by atoms with van der Waals surface area (Å²) in [6, 6.07) is 23.2. The van der Waals surface area contributed by atoms with Gasteiger partial charge in [0.1, 0.15) is 6.61 Å². The molecule has 0 heterocycles. The Morgan fingerprint density at radius 1 is 0.862 bits per heavy atom. The van der Waals surface area contributed by atoms with E-state index in [2.05, 4.69) is 5.32 Å². The summed E-state index contributed by atoms with van der Waals surface area (Å²) in [5.41, 5.74) is 5.43. The second-order valence-corrected chi connectivity index (χ2v) is 6.86. The minimum Gasteiger partial charge on any atom is -0.445 e. The largest absolute Gasteiger partial charge is 0.445 e. The van der Waals surface area contributed by atoms with E-state index in [4.69, 9.17) is 4.74 Å². The van der Waals surface area contributed by atoms with Crippen molar-refractivity contribution in [3.63, 3.8) is 0 Å². The molecule has 0 atom stereocenters. The van der Waals surface area contributed by atoms with Crippen LogP contribution >= 0.6 is 0 Å². The monoisotopic (exact) mass is 383 g/mol. The lowest BCUT2D eigenvalue weighted by Crippen LogP contribution is -2.24. The maximum absolute atomic E-state index is 12.6. The van der Waals surface area contributed by atoms with Crippen LogP contribution in [0.3, 0.4) is 0 Å². The van der Waals surface area contributed by atoms with Crippen molar-refractivity contribution < 1.29 is 14.3 Å². The molecule has 1 amide bonds. The topological polar surface area (TPSA) is 55.4 Å². The quantitative estimate of drug-likeness (QED) is 0.464. The Morgan fingerprint density at radius 2 is 1.59 bits per heavy atom. The molecular formula is C25H21NO3. The number of hydrogen-bond donors (Lipinski definition) is 1. The van der Waals surface area contributed by atoms with Gasteiger partial charge in [-0.2, -0.15) is 0 Å². The zero-order valence-corrected chi connectivity index (χ0v) is 15.9. The standard InChI is InChI=1S/C25H21NO3/c27-24-22-12-5-4-11-20(22)21-14-13-18(16-23(21)24)8-6-7-15-26-25(28)29-17-19-9-2-1-3-10-19/h1-6,8-14,16H,7,15,17H2,(H,26,28). The Morgan fingerprint density at radius 3 is 2.41 bits per heavy atom. The fourth-order valence-corrected chi connectivity index (χ4v) is 3.40. The Labute approximate surface area is 169 Å². The van der Waals surface area contributed by atoms with E-state index in [-0.39, 0.29) is 12.4 Å². The molecule has 0 aliphatic heterocycles. The third-order valence-electron chi connectivity index (χ3n) is 4.85. The number of alkyl carbamates (subject to hydrolysis) is 1. The van der Waals surface area contributed by atoms with Gasteiger partial charge in [0.2, 0.25) is 0 Å². The van der Waals surface area contributed by atoms with Crippen molar-refractivity contribution in [2.45, 2.75) is 13.0 Å². The van der Waals surface area contributed by atoms with Gasteiger partial charge in [0.15, 0.2) is 5.78 Å². The van der Waals surface area contributed by atoms with Crippen LogP contribution in [0.2, 0.25) is 0 Å². The zero-order chi connectivity index (χ0) is 20.1. The van der Waals surface area contributed by atoms with E-state index < -0.39 is 6.09 Å². The van der Waals surface area contributed by atoms with Gasteiger partial charge in [-0.25, -0.2) is 4.79 Å². The van der Waals surface area contributed by atoms with E-state index >= 15 is 0 Å². The van der Waals surface area contributed by atoms with E-state index in [1.807, 2.05) is 84.9 Å². The summed E-state index contributed by atoms with van der Waals surface area (Å²) in [7, 11) is 0. The molecule has 1 aliphatic rings. The highest BCUT2D eigenvalue weighted by molar-refractivity contribution is 6.21. The van der Waals surface area contributed by atoms with Crippen LogP contribution in [0.4, 0.5) is 4.79 Å². The zero-order valence-electron chi connectivity index (χ0n) is 15.9. The van der Waals surface area contributed by atoms with E-state index in [1.165, 1.54) is 0 Å². The molecular weight excluding hydrogens is 362 g/mol. The van der Waals surface area contributed by atoms with Gasteiger partial charge in [-0.3, -0.25) is 4.79 Å². The van der Waals surface area contributed by atoms with Crippen LogP contribution in [0, 0.1) is 0 Å². The minimum atomic E-state index is -0.428. The SMILES string of the molecule is O=C(NCCC=Cc1ccc2c(c1)C(=O)c1ccccc1-2)OCc1ccccc1. The first-order chi connectivity index (χ1) is 14.2. The molecule has 0 saturated heterocycles. The molecule has 0 unspecified atom stereocenters. The summed E-state index contributed by atoms with van der Waals surface area (Å²) >= 11 is 0. The van der Waals surface area contributed by atoms with Crippen molar-refractivity contribution in [3.8, 4) is 11.1 Å². The second-order valence-electron chi connectivity index (χ2n) is 6.86. The molecule has 0 aromatic heterocycles. The van der Waals surface area contributed by atoms with Gasteiger partial charge < -0.3 is 10.1 Å². The molecule has 0 saturated carbocycles. The molecule has 4 nitrogen and oxygen atoms in total. The number of ether oxygens (including phenoxy) is 1. The molecule has 1 aliphatic carbocycles. The first kappa shape index (κ1) is 18.7. The average Bonchev–Trinajstić information content (AvgIpc) is 3.05. The smallest absolute Gasteiger partial charge is 0.407 e. The third kappa shape index (κ3) is 4.27. The Hall–Kier alpha value is -3.66. The Kier molecular flexibility index (Phi) is 5.52. The molecule has 1 N–H and O–H groups in total. The number of carbonyl (C=O) groups is 2. The van der Waals surface area contributed by atoms with E-state index in [9.17, 15) is 9.59 Å². The lowest BCUT2D eigenvalue weighted by atomic mass is 10.0. The fraction of sp³-hybridized carbons (Fsp3) is 0.120. The minimum absolute atomic E-state index is 0.0775. The number of ketones is 1. The first-order valence-electron chi connectivity index (χ1n) is 9.61. The summed E-state index contributed by atoms with van der Waals surface area (Å²) in [6.07, 6.45) is 4.19. The number of fused-ring (bicyclic) bond motifs is 3. The van der Waals surface area contributed by atoms with Crippen LogP contribution < -0.4 is 5.32 Å². The highest BCUT2D eigenvalue weighted by Gasteiger charge is 2.25. The maximum atomic E-state index is 12.6.